The van der Waals surface area contributed by atoms with Crippen LogP contribution in [0.15, 0.2) is 42.0 Å². The van der Waals surface area contributed by atoms with Gasteiger partial charge in [0.05, 0.1) is 4.34 Å². The maximum atomic E-state index is 6.07. The molecule has 0 radical (unpaired) electrons. The molecule has 1 fully saturated rings. The molecule has 2 aromatic rings. The van der Waals surface area contributed by atoms with Crippen molar-refractivity contribution in [2.24, 2.45) is 0 Å². The molecule has 0 N–H and O–H groups in total. The quantitative estimate of drug-likeness (QED) is 0.739. The van der Waals surface area contributed by atoms with Gasteiger partial charge in [-0.05, 0) is 43.1 Å². The molecule has 0 amide bonds. The smallest absolute Gasteiger partial charge is 0.0934 e. The second-order valence-electron chi connectivity index (χ2n) is 5.30. The first-order chi connectivity index (χ1) is 9.72. The van der Waals surface area contributed by atoms with Crippen LogP contribution in [0.2, 0.25) is 4.34 Å². The Morgan fingerprint density at radius 3 is 2.55 bits per heavy atom. The summed E-state index contributed by atoms with van der Waals surface area (Å²) in [4.78, 5) is 3.64. The lowest BCUT2D eigenvalue weighted by Crippen LogP contribution is -2.26. The molecule has 0 atom stereocenters. The van der Waals surface area contributed by atoms with Crippen molar-refractivity contribution in [1.29, 1.82) is 0 Å². The maximum absolute atomic E-state index is 6.07. The summed E-state index contributed by atoms with van der Waals surface area (Å²) < 4.78 is 0.849. The molecule has 20 heavy (non-hydrogen) atoms. The highest BCUT2D eigenvalue weighted by Gasteiger charge is 2.11. The van der Waals surface area contributed by atoms with Crippen molar-refractivity contribution in [2.45, 2.75) is 12.8 Å². The molecular weight excluding hydrogens is 286 g/mol. The molecular formula is C17H18ClNS. The van der Waals surface area contributed by atoms with Gasteiger partial charge in [0.1, 0.15) is 0 Å². The normalized spacial score (nSPS) is 16.4. The first kappa shape index (κ1) is 13.9. The van der Waals surface area contributed by atoms with Crippen LogP contribution in [0.5, 0.6) is 0 Å². The fraction of sp³-hybridized carbons (Fsp3) is 0.294. The Labute approximate surface area is 129 Å². The zero-order chi connectivity index (χ0) is 13.9. The Hall–Kier alpha value is -1.09. The summed E-state index contributed by atoms with van der Waals surface area (Å²) in [6.45, 7) is 2.33. The van der Waals surface area contributed by atoms with Gasteiger partial charge < -0.3 is 4.90 Å². The predicted molar refractivity (Wildman–Crippen MR) is 89.5 cm³/mol. The van der Waals surface area contributed by atoms with E-state index in [1.54, 1.807) is 16.9 Å². The van der Waals surface area contributed by atoms with E-state index >= 15 is 0 Å². The molecule has 0 aliphatic carbocycles. The molecule has 3 rings (SSSR count). The van der Waals surface area contributed by atoms with Gasteiger partial charge in [0.25, 0.3) is 0 Å². The van der Waals surface area contributed by atoms with Gasteiger partial charge in [-0.25, -0.2) is 0 Å². The molecule has 3 heteroatoms. The van der Waals surface area contributed by atoms with Gasteiger partial charge in [0.15, 0.2) is 0 Å². The van der Waals surface area contributed by atoms with Crippen LogP contribution in [-0.2, 0) is 0 Å². The molecule has 1 aliphatic heterocycles. The second kappa shape index (κ2) is 6.13. The van der Waals surface area contributed by atoms with Gasteiger partial charge in [0, 0.05) is 18.0 Å². The van der Waals surface area contributed by atoms with Crippen molar-refractivity contribution in [3.63, 3.8) is 0 Å². The summed E-state index contributed by atoms with van der Waals surface area (Å²) in [5.74, 6) is 0. The van der Waals surface area contributed by atoms with Gasteiger partial charge >= 0.3 is 0 Å². The van der Waals surface area contributed by atoms with Gasteiger partial charge in [-0.3, -0.25) is 0 Å². The molecule has 0 unspecified atom stereocenters. The fourth-order valence-corrected chi connectivity index (χ4v) is 3.67. The standard InChI is InChI=1S/C17H18ClNS/c1-19-10-8-13(9-11-19)12-14-4-2-3-5-15(14)16-6-7-17(18)20-16/h2-7,12H,8-11H2,1H3. The van der Waals surface area contributed by atoms with Crippen molar-refractivity contribution in [1.82, 2.24) is 4.90 Å². The average molecular weight is 304 g/mol. The molecule has 0 saturated carbocycles. The number of nitrogens with zero attached hydrogens (tertiary/aromatic N) is 1. The lowest BCUT2D eigenvalue weighted by molar-refractivity contribution is 0.313. The first-order valence-corrected chi connectivity index (χ1v) is 8.14. The third-order valence-corrected chi connectivity index (χ3v) is 5.05. The zero-order valence-electron chi connectivity index (χ0n) is 11.6. The molecule has 1 saturated heterocycles. The van der Waals surface area contributed by atoms with E-state index in [9.17, 15) is 0 Å². The molecule has 104 valence electrons. The SMILES string of the molecule is CN1CCC(=Cc2ccccc2-c2ccc(Cl)s2)CC1. The minimum atomic E-state index is 0.849. The number of hydrogen-bond donors (Lipinski definition) is 0. The van der Waals surface area contributed by atoms with Crippen molar-refractivity contribution in [3.05, 3.63) is 51.9 Å². The van der Waals surface area contributed by atoms with Crippen molar-refractivity contribution >= 4 is 29.0 Å². The highest BCUT2D eigenvalue weighted by molar-refractivity contribution is 7.19. The molecule has 1 aromatic heterocycles. The van der Waals surface area contributed by atoms with Gasteiger partial charge in [-0.2, -0.15) is 0 Å². The lowest BCUT2D eigenvalue weighted by Gasteiger charge is -2.24. The Morgan fingerprint density at radius 1 is 1.10 bits per heavy atom. The van der Waals surface area contributed by atoms with Crippen LogP contribution in [0, 0.1) is 0 Å². The van der Waals surface area contributed by atoms with Crippen LogP contribution < -0.4 is 0 Å². The third-order valence-electron chi connectivity index (χ3n) is 3.79. The Morgan fingerprint density at radius 2 is 1.85 bits per heavy atom. The predicted octanol–water partition coefficient (Wildman–Crippen LogP) is 5.18. The zero-order valence-corrected chi connectivity index (χ0v) is 13.2. The van der Waals surface area contributed by atoms with Crippen LogP contribution in [0.3, 0.4) is 0 Å². The van der Waals surface area contributed by atoms with E-state index in [0.29, 0.717) is 0 Å². The highest BCUT2D eigenvalue weighted by atomic mass is 35.5. The number of hydrogen-bond acceptors (Lipinski definition) is 2. The summed E-state index contributed by atoms with van der Waals surface area (Å²) >= 11 is 7.71. The molecule has 2 heterocycles. The van der Waals surface area contributed by atoms with E-state index in [2.05, 4.69) is 48.4 Å². The minimum absolute atomic E-state index is 0.849. The van der Waals surface area contributed by atoms with E-state index < -0.39 is 0 Å². The molecule has 1 aliphatic rings. The lowest BCUT2D eigenvalue weighted by atomic mass is 9.98. The van der Waals surface area contributed by atoms with Crippen LogP contribution in [-0.4, -0.2) is 25.0 Å². The summed E-state index contributed by atoms with van der Waals surface area (Å²) in [5.41, 5.74) is 4.15. The number of rotatable bonds is 2. The van der Waals surface area contributed by atoms with Crippen LogP contribution >= 0.6 is 22.9 Å². The monoisotopic (exact) mass is 303 g/mol. The van der Waals surface area contributed by atoms with E-state index in [1.807, 2.05) is 6.07 Å². The Balaban J connectivity index is 1.92. The number of piperidine rings is 1. The van der Waals surface area contributed by atoms with Crippen LogP contribution in [0.25, 0.3) is 16.5 Å². The minimum Gasteiger partial charge on any atom is -0.306 e. The average Bonchev–Trinajstić information content (AvgIpc) is 2.88. The topological polar surface area (TPSA) is 3.24 Å². The van der Waals surface area contributed by atoms with Crippen molar-refractivity contribution < 1.29 is 0 Å². The summed E-state index contributed by atoms with van der Waals surface area (Å²) in [5, 5.41) is 0. The summed E-state index contributed by atoms with van der Waals surface area (Å²) in [7, 11) is 2.19. The van der Waals surface area contributed by atoms with Crippen LogP contribution in [0.4, 0.5) is 0 Å². The van der Waals surface area contributed by atoms with Gasteiger partial charge in [-0.1, -0.05) is 47.5 Å². The van der Waals surface area contributed by atoms with Crippen LogP contribution in [0.1, 0.15) is 18.4 Å². The Bertz CT molecular complexity index is 619. The number of halogens is 1. The fourth-order valence-electron chi connectivity index (χ4n) is 2.58. The van der Waals surface area contributed by atoms with E-state index in [0.717, 1.165) is 4.34 Å². The second-order valence-corrected chi connectivity index (χ2v) is 7.01. The van der Waals surface area contributed by atoms with Gasteiger partial charge in [-0.15, -0.1) is 11.3 Å². The van der Waals surface area contributed by atoms with Crippen molar-refractivity contribution in [3.8, 4) is 10.4 Å². The number of likely N-dealkylation sites (tertiary alicyclic amines) is 1. The molecule has 1 nitrogen and oxygen atoms in total. The van der Waals surface area contributed by atoms with E-state index in [1.165, 1.54) is 41.9 Å². The van der Waals surface area contributed by atoms with E-state index in [4.69, 9.17) is 11.6 Å². The number of benzene rings is 1. The largest absolute Gasteiger partial charge is 0.306 e. The Kier molecular flexibility index (Phi) is 4.25. The highest BCUT2D eigenvalue weighted by Crippen LogP contribution is 2.34. The van der Waals surface area contributed by atoms with Crippen molar-refractivity contribution in [2.75, 3.05) is 20.1 Å². The molecule has 1 aromatic carbocycles. The van der Waals surface area contributed by atoms with E-state index in [-0.39, 0.29) is 0 Å². The molecule has 0 bridgehead atoms. The number of thiophene rings is 1. The first-order valence-electron chi connectivity index (χ1n) is 6.95. The van der Waals surface area contributed by atoms with Gasteiger partial charge in [0.2, 0.25) is 0 Å². The molecule has 0 spiro atoms. The maximum Gasteiger partial charge on any atom is 0.0934 e. The summed E-state index contributed by atoms with van der Waals surface area (Å²) in [6, 6.07) is 12.7. The third kappa shape index (κ3) is 3.14. The summed E-state index contributed by atoms with van der Waals surface area (Å²) in [6.07, 6.45) is 4.72.